The minimum absolute atomic E-state index is 0.108. The molecule has 240 valence electrons. The molecule has 0 aliphatic rings. The number of halogens is 2. The summed E-state index contributed by atoms with van der Waals surface area (Å²) in [5.74, 6) is 1.04. The molecule has 2 aromatic heterocycles. The van der Waals surface area contributed by atoms with Crippen LogP contribution in [0.2, 0.25) is 10.0 Å². The first-order valence-corrected chi connectivity index (χ1v) is 17.9. The monoisotopic (exact) mass is 697 g/mol. The molecule has 46 heavy (non-hydrogen) atoms. The number of benzene rings is 3. The van der Waals surface area contributed by atoms with Crippen LogP contribution in [-0.2, 0) is 40.0 Å². The fourth-order valence-electron chi connectivity index (χ4n) is 4.48. The number of rotatable bonds is 15. The second kappa shape index (κ2) is 16.1. The second-order valence-corrected chi connectivity index (χ2v) is 14.6. The van der Waals surface area contributed by atoms with E-state index in [0.29, 0.717) is 33.9 Å². The van der Waals surface area contributed by atoms with E-state index in [4.69, 9.17) is 42.0 Å². The maximum absolute atomic E-state index is 13.8. The fourth-order valence-corrected chi connectivity index (χ4v) is 7.62. The maximum atomic E-state index is 13.8. The van der Waals surface area contributed by atoms with E-state index in [2.05, 4.69) is 18.8 Å². The fraction of sp³-hybridized carbons (Fsp3) is 0.235. The molecule has 2 heterocycles. The van der Waals surface area contributed by atoms with E-state index in [1.165, 1.54) is 11.8 Å². The largest absolute Gasteiger partial charge is 0.479 e. The molecule has 0 fully saturated rings. The van der Waals surface area contributed by atoms with Crippen LogP contribution >= 0.6 is 42.6 Å². The van der Waals surface area contributed by atoms with Crippen molar-refractivity contribution in [1.29, 1.82) is 0 Å². The van der Waals surface area contributed by atoms with E-state index in [-0.39, 0.29) is 32.1 Å². The molecule has 0 spiro atoms. The van der Waals surface area contributed by atoms with E-state index in [9.17, 15) is 9.67 Å². The lowest BCUT2D eigenvalue weighted by molar-refractivity contribution is 0.172. The molecule has 0 saturated heterocycles. The zero-order valence-electron chi connectivity index (χ0n) is 25.4. The van der Waals surface area contributed by atoms with Crippen LogP contribution in [0.25, 0.3) is 0 Å². The molecule has 0 radical (unpaired) electrons. The molecular weight excluding hydrogens is 664 g/mol. The lowest BCUT2D eigenvalue weighted by atomic mass is 10.1. The maximum Gasteiger partial charge on any atom is 0.368 e. The van der Waals surface area contributed by atoms with Crippen molar-refractivity contribution in [3.05, 3.63) is 136 Å². The number of ether oxygens (including phenoxy) is 1. The van der Waals surface area contributed by atoms with E-state index < -0.39 is 7.60 Å². The Morgan fingerprint density at radius 3 is 2.02 bits per heavy atom. The molecule has 0 atom stereocenters. The minimum atomic E-state index is -3.66. The number of imidazole rings is 1. The normalized spacial score (nSPS) is 11.7. The SMILES string of the molecule is CC(C)c1nc(CO)n(Cc2ccc(OCP(=O)(OCc3ccccc3)OCc3ccccc3)cn2)c1Sc1cc(Cl)cc(Cl)c1. The molecule has 8 nitrogen and oxygen atoms in total. The number of aromatic nitrogens is 3. The van der Waals surface area contributed by atoms with Gasteiger partial charge < -0.3 is 23.5 Å². The van der Waals surface area contributed by atoms with E-state index in [0.717, 1.165) is 26.7 Å². The molecule has 0 aliphatic carbocycles. The summed E-state index contributed by atoms with van der Waals surface area (Å²) in [6.45, 7) is 4.46. The first-order valence-electron chi connectivity index (χ1n) is 14.6. The van der Waals surface area contributed by atoms with Gasteiger partial charge in [-0.3, -0.25) is 9.55 Å². The van der Waals surface area contributed by atoms with Crippen LogP contribution in [0.4, 0.5) is 0 Å². The van der Waals surface area contributed by atoms with Crippen molar-refractivity contribution in [2.45, 2.75) is 56.1 Å². The molecule has 0 bridgehead atoms. The van der Waals surface area contributed by atoms with Gasteiger partial charge in [0.15, 0.2) is 6.35 Å². The first-order chi connectivity index (χ1) is 22.2. The summed E-state index contributed by atoms with van der Waals surface area (Å²) < 4.78 is 33.2. The molecule has 0 aliphatic heterocycles. The number of aliphatic hydroxyl groups is 1. The molecule has 0 unspecified atom stereocenters. The average Bonchev–Trinajstić information content (AvgIpc) is 3.40. The Balaban J connectivity index is 1.30. The molecule has 3 aromatic carbocycles. The van der Waals surface area contributed by atoms with Crippen LogP contribution in [0.3, 0.4) is 0 Å². The first kappa shape index (κ1) is 34.2. The summed E-state index contributed by atoms with van der Waals surface area (Å²) in [5.41, 5.74) is 3.31. The predicted octanol–water partition coefficient (Wildman–Crippen LogP) is 9.36. The highest BCUT2D eigenvalue weighted by molar-refractivity contribution is 7.99. The van der Waals surface area contributed by atoms with Crippen molar-refractivity contribution in [3.8, 4) is 5.75 Å². The zero-order valence-corrected chi connectivity index (χ0v) is 28.6. The third-order valence-corrected chi connectivity index (χ3v) is 9.83. The highest BCUT2D eigenvalue weighted by Gasteiger charge is 2.27. The Kier molecular flexibility index (Phi) is 12.0. The van der Waals surface area contributed by atoms with Crippen molar-refractivity contribution in [1.82, 2.24) is 14.5 Å². The summed E-state index contributed by atoms with van der Waals surface area (Å²) in [5, 5.41) is 12.1. The Labute approximate surface area is 283 Å². The van der Waals surface area contributed by atoms with Crippen molar-refractivity contribution < 1.29 is 23.5 Å². The Morgan fingerprint density at radius 1 is 0.891 bits per heavy atom. The number of hydrogen-bond donors (Lipinski definition) is 1. The second-order valence-electron chi connectivity index (χ2n) is 10.7. The Bertz CT molecular complexity index is 1710. The summed E-state index contributed by atoms with van der Waals surface area (Å²) in [6.07, 6.45) is 1.28. The third kappa shape index (κ3) is 9.46. The van der Waals surface area contributed by atoms with E-state index in [1.807, 2.05) is 83.4 Å². The van der Waals surface area contributed by atoms with Gasteiger partial charge in [0.25, 0.3) is 0 Å². The number of pyridine rings is 1. The van der Waals surface area contributed by atoms with Gasteiger partial charge in [0.1, 0.15) is 23.2 Å². The summed E-state index contributed by atoms with van der Waals surface area (Å²) in [4.78, 5) is 10.2. The molecule has 12 heteroatoms. The highest BCUT2D eigenvalue weighted by atomic mass is 35.5. The molecule has 5 rings (SSSR count). The van der Waals surface area contributed by atoms with Crippen LogP contribution in [-0.4, -0.2) is 26.0 Å². The molecular formula is C34H34Cl2N3O5PS. The highest BCUT2D eigenvalue weighted by Crippen LogP contribution is 2.49. The van der Waals surface area contributed by atoms with Gasteiger partial charge in [0.2, 0.25) is 0 Å². The predicted molar refractivity (Wildman–Crippen MR) is 182 cm³/mol. The summed E-state index contributed by atoms with van der Waals surface area (Å²) >= 11 is 14.0. The lowest BCUT2D eigenvalue weighted by Crippen LogP contribution is -2.09. The lowest BCUT2D eigenvalue weighted by Gasteiger charge is -2.19. The van der Waals surface area contributed by atoms with Crippen molar-refractivity contribution >= 4 is 42.6 Å². The van der Waals surface area contributed by atoms with Crippen molar-refractivity contribution in [3.63, 3.8) is 0 Å². The van der Waals surface area contributed by atoms with Gasteiger partial charge in [-0.25, -0.2) is 4.98 Å². The molecule has 5 aromatic rings. The van der Waals surface area contributed by atoms with Gasteiger partial charge in [-0.05, 0) is 47.4 Å². The van der Waals surface area contributed by atoms with Crippen LogP contribution in [0, 0.1) is 0 Å². The minimum Gasteiger partial charge on any atom is -0.479 e. The van der Waals surface area contributed by atoms with Crippen molar-refractivity contribution in [2.24, 2.45) is 0 Å². The van der Waals surface area contributed by atoms with Gasteiger partial charge in [-0.2, -0.15) is 0 Å². The topological polar surface area (TPSA) is 95.7 Å². The van der Waals surface area contributed by atoms with Gasteiger partial charge in [-0.1, -0.05) is 109 Å². The average molecular weight is 699 g/mol. The van der Waals surface area contributed by atoms with Crippen LogP contribution in [0.5, 0.6) is 5.75 Å². The summed E-state index contributed by atoms with van der Waals surface area (Å²) in [7, 11) is -3.66. The number of nitrogens with zero attached hydrogens (tertiary/aromatic N) is 3. The Morgan fingerprint density at radius 2 is 1.50 bits per heavy atom. The van der Waals surface area contributed by atoms with Crippen LogP contribution in [0.15, 0.2) is 107 Å². The number of hydrogen-bond acceptors (Lipinski definition) is 8. The molecule has 1 N–H and O–H groups in total. The summed E-state index contributed by atoms with van der Waals surface area (Å²) in [6, 6.07) is 27.9. The third-order valence-electron chi connectivity index (χ3n) is 6.81. The molecule has 0 amide bonds. The van der Waals surface area contributed by atoms with Gasteiger partial charge in [-0.15, -0.1) is 0 Å². The van der Waals surface area contributed by atoms with E-state index >= 15 is 0 Å². The van der Waals surface area contributed by atoms with Gasteiger partial charge in [0.05, 0.1) is 37.3 Å². The van der Waals surface area contributed by atoms with Gasteiger partial charge in [0, 0.05) is 14.9 Å². The molecule has 0 saturated carbocycles. The standard InChI is InChI=1S/C34H34Cl2N3O5PS/c1-24(2)33-34(46-31-16-27(35)15-28(36)17-31)39(32(20-40)38-33)19-29-13-14-30(18-37-29)42-23-45(41,43-21-25-9-5-3-6-10-25)44-22-26-11-7-4-8-12-26/h3-18,24,40H,19-23H2,1-2H3. The van der Waals surface area contributed by atoms with Gasteiger partial charge >= 0.3 is 7.60 Å². The van der Waals surface area contributed by atoms with Crippen LogP contribution < -0.4 is 4.74 Å². The smallest absolute Gasteiger partial charge is 0.368 e. The number of aliphatic hydroxyl groups excluding tert-OH is 1. The zero-order chi connectivity index (χ0) is 32.5. The quantitative estimate of drug-likeness (QED) is 0.108. The van der Waals surface area contributed by atoms with Crippen molar-refractivity contribution in [2.75, 3.05) is 6.35 Å². The Hall–Kier alpha value is -3.14. The van der Waals surface area contributed by atoms with Crippen LogP contribution in [0.1, 0.15) is 48.1 Å². The van der Waals surface area contributed by atoms with E-state index in [1.54, 1.807) is 18.3 Å².